The molecular weight excluding hydrogens is 326 g/mol. The molecule has 0 unspecified atom stereocenters. The highest BCUT2D eigenvalue weighted by atomic mass is 32.2. The Morgan fingerprint density at radius 1 is 1.17 bits per heavy atom. The first-order valence-electron chi connectivity index (χ1n) is 6.54. The maximum absolute atomic E-state index is 11.8. The monoisotopic (exact) mass is 343 g/mol. The molecule has 1 rings (SSSR count). The van der Waals surface area contributed by atoms with Gasteiger partial charge in [-0.25, -0.2) is 18.6 Å². The van der Waals surface area contributed by atoms with Gasteiger partial charge in [-0.3, -0.25) is 15.0 Å². The van der Waals surface area contributed by atoms with Gasteiger partial charge in [-0.2, -0.15) is 0 Å². The highest BCUT2D eigenvalue weighted by Crippen LogP contribution is 2.10. The van der Waals surface area contributed by atoms with E-state index in [0.29, 0.717) is 0 Å². The van der Waals surface area contributed by atoms with Crippen LogP contribution in [-0.2, 0) is 19.4 Å². The van der Waals surface area contributed by atoms with Crippen LogP contribution in [0.4, 0.5) is 4.79 Å². The van der Waals surface area contributed by atoms with Crippen molar-refractivity contribution >= 4 is 27.7 Å². The molecule has 0 saturated heterocycles. The number of esters is 1. The van der Waals surface area contributed by atoms with Gasteiger partial charge in [-0.1, -0.05) is 6.07 Å². The summed E-state index contributed by atoms with van der Waals surface area (Å²) in [6.45, 7) is 1.47. The number of urea groups is 1. The summed E-state index contributed by atoms with van der Waals surface area (Å²) in [7, 11) is -3.44. The van der Waals surface area contributed by atoms with Gasteiger partial charge in [-0.05, 0) is 25.1 Å². The van der Waals surface area contributed by atoms with Gasteiger partial charge < -0.3 is 10.1 Å². The van der Waals surface area contributed by atoms with Crippen LogP contribution in [0.15, 0.2) is 29.2 Å². The third-order valence-electron chi connectivity index (χ3n) is 2.51. The summed E-state index contributed by atoms with van der Waals surface area (Å²) in [5.41, 5.74) is 4.17. The number of ether oxygens (including phenoxy) is 1. The molecule has 126 valence electrons. The van der Waals surface area contributed by atoms with Crippen LogP contribution in [0.1, 0.15) is 17.3 Å². The van der Waals surface area contributed by atoms with Gasteiger partial charge in [0.1, 0.15) is 6.54 Å². The molecule has 0 atom stereocenters. The number of rotatable bonds is 5. The zero-order valence-corrected chi connectivity index (χ0v) is 13.4. The number of amides is 3. The Bertz CT molecular complexity index is 701. The van der Waals surface area contributed by atoms with Crippen LogP contribution in [0, 0.1) is 0 Å². The smallest absolute Gasteiger partial charge is 0.333 e. The molecule has 0 aromatic heterocycles. The maximum Gasteiger partial charge on any atom is 0.333 e. The minimum absolute atomic E-state index is 0.0167. The molecule has 0 heterocycles. The van der Waals surface area contributed by atoms with E-state index in [1.807, 2.05) is 5.43 Å². The lowest BCUT2D eigenvalue weighted by molar-refractivity contribution is -0.141. The van der Waals surface area contributed by atoms with E-state index in [-0.39, 0.29) is 23.6 Å². The summed E-state index contributed by atoms with van der Waals surface area (Å²) in [6.07, 6.45) is 1.02. The Hall–Kier alpha value is -2.62. The Morgan fingerprint density at radius 2 is 1.87 bits per heavy atom. The van der Waals surface area contributed by atoms with Gasteiger partial charge >= 0.3 is 12.0 Å². The number of sulfone groups is 1. The van der Waals surface area contributed by atoms with Crippen molar-refractivity contribution in [3.05, 3.63) is 29.8 Å². The van der Waals surface area contributed by atoms with Crippen molar-refractivity contribution in [2.45, 2.75) is 11.8 Å². The third kappa shape index (κ3) is 6.34. The Labute approximate surface area is 133 Å². The SMILES string of the molecule is CCOC(=O)CNC(=O)NNC(=O)c1cccc(S(C)(=O)=O)c1. The number of carbonyl (C=O) groups excluding carboxylic acids is 3. The summed E-state index contributed by atoms with van der Waals surface area (Å²) < 4.78 is 27.4. The van der Waals surface area contributed by atoms with Crippen LogP contribution >= 0.6 is 0 Å². The number of hydrogen-bond donors (Lipinski definition) is 3. The lowest BCUT2D eigenvalue weighted by Crippen LogP contribution is -2.48. The highest BCUT2D eigenvalue weighted by molar-refractivity contribution is 7.90. The van der Waals surface area contributed by atoms with E-state index in [1.165, 1.54) is 24.3 Å². The van der Waals surface area contributed by atoms with Gasteiger partial charge in [0.25, 0.3) is 5.91 Å². The van der Waals surface area contributed by atoms with Crippen molar-refractivity contribution in [3.63, 3.8) is 0 Å². The van der Waals surface area contributed by atoms with Crippen LogP contribution < -0.4 is 16.2 Å². The number of nitrogens with one attached hydrogen (secondary N) is 3. The molecule has 0 radical (unpaired) electrons. The first-order valence-corrected chi connectivity index (χ1v) is 8.43. The Morgan fingerprint density at radius 3 is 2.48 bits per heavy atom. The lowest BCUT2D eigenvalue weighted by atomic mass is 10.2. The van der Waals surface area contributed by atoms with E-state index >= 15 is 0 Å². The topological polar surface area (TPSA) is 131 Å². The van der Waals surface area contributed by atoms with E-state index in [9.17, 15) is 22.8 Å². The minimum atomic E-state index is -3.44. The van der Waals surface area contributed by atoms with E-state index in [2.05, 4.69) is 15.5 Å². The second-order valence-electron chi connectivity index (χ2n) is 4.37. The summed E-state index contributed by atoms with van der Waals surface area (Å²) >= 11 is 0. The molecule has 0 aliphatic rings. The summed E-state index contributed by atoms with van der Waals surface area (Å²) in [6, 6.07) is 4.52. The van der Waals surface area contributed by atoms with Gasteiger partial charge in [-0.15, -0.1) is 0 Å². The second-order valence-corrected chi connectivity index (χ2v) is 6.38. The molecule has 0 bridgehead atoms. The average molecular weight is 343 g/mol. The van der Waals surface area contributed by atoms with E-state index in [1.54, 1.807) is 6.92 Å². The fraction of sp³-hybridized carbons (Fsp3) is 0.308. The zero-order valence-electron chi connectivity index (χ0n) is 12.6. The second kappa shape index (κ2) is 8.13. The molecule has 1 aromatic rings. The molecule has 10 heteroatoms. The fourth-order valence-corrected chi connectivity index (χ4v) is 2.13. The zero-order chi connectivity index (χ0) is 17.5. The third-order valence-corrected chi connectivity index (χ3v) is 3.62. The molecule has 0 aliphatic heterocycles. The van der Waals surface area contributed by atoms with Crippen molar-refractivity contribution in [3.8, 4) is 0 Å². The van der Waals surface area contributed by atoms with Gasteiger partial charge in [0, 0.05) is 11.8 Å². The van der Waals surface area contributed by atoms with Crippen molar-refractivity contribution in [1.29, 1.82) is 0 Å². The molecule has 1 aromatic carbocycles. The molecule has 9 nitrogen and oxygen atoms in total. The van der Waals surface area contributed by atoms with E-state index in [0.717, 1.165) is 6.26 Å². The Kier molecular flexibility index (Phi) is 6.51. The standard InChI is InChI=1S/C13H17N3O6S/c1-3-22-11(17)8-14-13(19)16-15-12(18)9-5-4-6-10(7-9)23(2,20)21/h4-7H,3,8H2,1-2H3,(H,15,18)(H2,14,16,19). The lowest BCUT2D eigenvalue weighted by Gasteiger charge is -2.09. The average Bonchev–Trinajstić information content (AvgIpc) is 2.50. The van der Waals surface area contributed by atoms with Crippen molar-refractivity contribution in [2.24, 2.45) is 0 Å². The molecule has 0 aliphatic carbocycles. The van der Waals surface area contributed by atoms with Crippen LogP contribution in [-0.4, -0.2) is 45.7 Å². The van der Waals surface area contributed by atoms with E-state index in [4.69, 9.17) is 0 Å². The molecule has 0 saturated carbocycles. The van der Waals surface area contributed by atoms with Crippen molar-refractivity contribution in [1.82, 2.24) is 16.2 Å². The molecule has 0 spiro atoms. The number of benzene rings is 1. The first-order chi connectivity index (χ1) is 10.7. The number of carbonyl (C=O) groups is 3. The highest BCUT2D eigenvalue weighted by Gasteiger charge is 2.12. The van der Waals surface area contributed by atoms with Gasteiger partial charge in [0.05, 0.1) is 11.5 Å². The normalized spacial score (nSPS) is 10.5. The quantitative estimate of drug-likeness (QED) is 0.492. The number of hydrazine groups is 1. The Balaban J connectivity index is 2.54. The largest absolute Gasteiger partial charge is 0.465 e. The molecular formula is C13H17N3O6S. The molecule has 3 amide bonds. The van der Waals surface area contributed by atoms with Crippen molar-refractivity contribution < 1.29 is 27.5 Å². The summed E-state index contributed by atoms with van der Waals surface area (Å²) in [4.78, 5) is 34.2. The minimum Gasteiger partial charge on any atom is -0.465 e. The van der Waals surface area contributed by atoms with Gasteiger partial charge in [0.2, 0.25) is 0 Å². The molecule has 23 heavy (non-hydrogen) atoms. The fourth-order valence-electron chi connectivity index (χ4n) is 1.46. The maximum atomic E-state index is 11.8. The van der Waals surface area contributed by atoms with Crippen LogP contribution in [0.25, 0.3) is 0 Å². The van der Waals surface area contributed by atoms with Crippen molar-refractivity contribution in [2.75, 3.05) is 19.4 Å². The van der Waals surface area contributed by atoms with Crippen LogP contribution in [0.2, 0.25) is 0 Å². The summed E-state index contributed by atoms with van der Waals surface area (Å²) in [5, 5.41) is 2.17. The molecule has 0 fully saturated rings. The molecule has 3 N–H and O–H groups in total. The van der Waals surface area contributed by atoms with Crippen LogP contribution in [0.3, 0.4) is 0 Å². The van der Waals surface area contributed by atoms with Crippen LogP contribution in [0.5, 0.6) is 0 Å². The first kappa shape index (κ1) is 18.4. The predicted molar refractivity (Wildman–Crippen MR) is 80.2 cm³/mol. The van der Waals surface area contributed by atoms with Gasteiger partial charge in [0.15, 0.2) is 9.84 Å². The van der Waals surface area contributed by atoms with E-state index < -0.39 is 27.7 Å². The predicted octanol–water partition coefficient (Wildman–Crippen LogP) is -0.403. The number of hydrogen-bond acceptors (Lipinski definition) is 6. The summed E-state index contributed by atoms with van der Waals surface area (Å²) in [5.74, 6) is -1.32.